The van der Waals surface area contributed by atoms with E-state index in [9.17, 15) is 0 Å². The molecule has 0 aliphatic carbocycles. The Morgan fingerprint density at radius 3 is 2.95 bits per heavy atom. The Hall–Kier alpha value is -0.890. The predicted octanol–water partition coefficient (Wildman–Crippen LogP) is 1.57. The minimum absolute atomic E-state index is 0.410. The molecule has 2 heterocycles. The summed E-state index contributed by atoms with van der Waals surface area (Å²) in [6.45, 7) is 4.66. The molecule has 6 nitrogen and oxygen atoms in total. The second kappa shape index (κ2) is 7.64. The third kappa shape index (κ3) is 4.61. The second-order valence-electron chi connectivity index (χ2n) is 4.22. The summed E-state index contributed by atoms with van der Waals surface area (Å²) in [6.07, 6.45) is 2.11. The van der Waals surface area contributed by atoms with Gasteiger partial charge in [0, 0.05) is 31.1 Å². The molecular formula is C12H20N4O2S. The molecule has 1 aromatic rings. The van der Waals surface area contributed by atoms with Gasteiger partial charge >= 0.3 is 0 Å². The Morgan fingerprint density at radius 2 is 2.26 bits per heavy atom. The SMILES string of the molecule is CCOCc1nc(NN)cc(SC2CCOCC2)n1. The summed E-state index contributed by atoms with van der Waals surface area (Å²) in [5.74, 6) is 6.72. The van der Waals surface area contributed by atoms with Crippen LogP contribution in [-0.4, -0.2) is 35.0 Å². The van der Waals surface area contributed by atoms with E-state index in [-0.39, 0.29) is 0 Å². The standard InChI is InChI=1S/C12H20N4O2S/c1-2-17-8-11-14-10(16-13)7-12(15-11)19-9-3-5-18-6-4-9/h7,9H,2-6,8,13H2,1H3,(H,14,15,16). The molecule has 0 bridgehead atoms. The summed E-state index contributed by atoms with van der Waals surface area (Å²) >= 11 is 1.76. The fourth-order valence-electron chi connectivity index (χ4n) is 1.83. The van der Waals surface area contributed by atoms with Gasteiger partial charge in [0.2, 0.25) is 0 Å². The van der Waals surface area contributed by atoms with E-state index < -0.39 is 0 Å². The van der Waals surface area contributed by atoms with E-state index in [1.54, 1.807) is 11.8 Å². The number of rotatable bonds is 6. The van der Waals surface area contributed by atoms with Crippen molar-refractivity contribution in [2.45, 2.75) is 36.6 Å². The van der Waals surface area contributed by atoms with Crippen LogP contribution in [-0.2, 0) is 16.1 Å². The summed E-state index contributed by atoms with van der Waals surface area (Å²) in [4.78, 5) is 8.78. The third-order valence-electron chi connectivity index (χ3n) is 2.79. The van der Waals surface area contributed by atoms with Gasteiger partial charge in [0.1, 0.15) is 17.5 Å². The van der Waals surface area contributed by atoms with Crippen LogP contribution >= 0.6 is 11.8 Å². The van der Waals surface area contributed by atoms with E-state index in [0.717, 1.165) is 31.1 Å². The van der Waals surface area contributed by atoms with Crippen LogP contribution in [0.5, 0.6) is 0 Å². The van der Waals surface area contributed by atoms with Gasteiger partial charge in [0.05, 0.1) is 0 Å². The largest absolute Gasteiger partial charge is 0.381 e. The summed E-state index contributed by atoms with van der Waals surface area (Å²) < 4.78 is 10.7. The monoisotopic (exact) mass is 284 g/mol. The van der Waals surface area contributed by atoms with Crippen LogP contribution in [0, 0.1) is 0 Å². The Bertz CT molecular complexity index is 399. The lowest BCUT2D eigenvalue weighted by Crippen LogP contribution is -2.18. The molecule has 106 valence electrons. The van der Waals surface area contributed by atoms with Gasteiger partial charge in [-0.25, -0.2) is 15.8 Å². The lowest BCUT2D eigenvalue weighted by molar-refractivity contribution is 0.1000. The van der Waals surface area contributed by atoms with Crippen LogP contribution < -0.4 is 11.3 Å². The Balaban J connectivity index is 2.04. The molecule has 0 unspecified atom stereocenters. The number of nitrogens with zero attached hydrogens (tertiary/aromatic N) is 2. The van der Waals surface area contributed by atoms with Crippen molar-refractivity contribution in [3.8, 4) is 0 Å². The van der Waals surface area contributed by atoms with E-state index in [1.807, 2.05) is 13.0 Å². The lowest BCUT2D eigenvalue weighted by Gasteiger charge is -2.21. The van der Waals surface area contributed by atoms with Gasteiger partial charge in [-0.1, -0.05) is 0 Å². The normalized spacial score (nSPS) is 16.5. The van der Waals surface area contributed by atoms with Crippen LogP contribution in [0.4, 0.5) is 5.82 Å². The van der Waals surface area contributed by atoms with Crippen molar-refractivity contribution < 1.29 is 9.47 Å². The van der Waals surface area contributed by atoms with Crippen molar-refractivity contribution in [3.05, 3.63) is 11.9 Å². The van der Waals surface area contributed by atoms with E-state index in [2.05, 4.69) is 15.4 Å². The highest BCUT2D eigenvalue weighted by Crippen LogP contribution is 2.29. The number of anilines is 1. The number of hydrogen-bond donors (Lipinski definition) is 2. The summed E-state index contributed by atoms with van der Waals surface area (Å²) in [5.41, 5.74) is 2.58. The van der Waals surface area contributed by atoms with Crippen LogP contribution in [0.3, 0.4) is 0 Å². The first kappa shape index (κ1) is 14.5. The highest BCUT2D eigenvalue weighted by atomic mass is 32.2. The average molecular weight is 284 g/mol. The zero-order valence-electron chi connectivity index (χ0n) is 11.1. The van der Waals surface area contributed by atoms with Gasteiger partial charge < -0.3 is 14.9 Å². The van der Waals surface area contributed by atoms with Crippen molar-refractivity contribution in [1.29, 1.82) is 0 Å². The second-order valence-corrected chi connectivity index (χ2v) is 5.54. The van der Waals surface area contributed by atoms with Crippen molar-refractivity contribution in [1.82, 2.24) is 9.97 Å². The lowest BCUT2D eigenvalue weighted by atomic mass is 10.2. The molecule has 0 saturated carbocycles. The summed E-state index contributed by atoms with van der Waals surface area (Å²) in [7, 11) is 0. The first-order chi connectivity index (χ1) is 9.31. The van der Waals surface area contributed by atoms with E-state index in [1.165, 1.54) is 0 Å². The smallest absolute Gasteiger partial charge is 0.157 e. The van der Waals surface area contributed by atoms with E-state index in [0.29, 0.717) is 30.1 Å². The van der Waals surface area contributed by atoms with Gasteiger partial charge in [-0.3, -0.25) is 0 Å². The topological polar surface area (TPSA) is 82.3 Å². The summed E-state index contributed by atoms with van der Waals surface area (Å²) in [5, 5.41) is 1.48. The number of hydrazine groups is 1. The van der Waals surface area contributed by atoms with Crippen LogP contribution in [0.25, 0.3) is 0 Å². The fourth-order valence-corrected chi connectivity index (χ4v) is 2.94. The maximum Gasteiger partial charge on any atom is 0.157 e. The Labute approximate surface area is 117 Å². The molecule has 0 aromatic carbocycles. The zero-order chi connectivity index (χ0) is 13.5. The van der Waals surface area contributed by atoms with Gasteiger partial charge in [-0.15, -0.1) is 11.8 Å². The van der Waals surface area contributed by atoms with Crippen molar-refractivity contribution in [3.63, 3.8) is 0 Å². The number of nitrogen functional groups attached to an aromatic ring is 1. The number of nitrogens with two attached hydrogens (primary N) is 1. The quantitative estimate of drug-likeness (QED) is 0.466. The van der Waals surface area contributed by atoms with Crippen molar-refractivity contribution in [2.24, 2.45) is 5.84 Å². The molecule has 1 aliphatic heterocycles. The molecule has 3 N–H and O–H groups in total. The van der Waals surface area contributed by atoms with Gasteiger partial charge in [0.25, 0.3) is 0 Å². The molecule has 0 atom stereocenters. The number of thioether (sulfide) groups is 1. The molecule has 19 heavy (non-hydrogen) atoms. The molecule has 1 saturated heterocycles. The van der Waals surface area contributed by atoms with Crippen molar-refractivity contribution in [2.75, 3.05) is 25.2 Å². The number of nitrogens with one attached hydrogen (secondary N) is 1. The molecule has 1 aliphatic rings. The minimum Gasteiger partial charge on any atom is -0.381 e. The van der Waals surface area contributed by atoms with Gasteiger partial charge in [-0.2, -0.15) is 0 Å². The maximum absolute atomic E-state index is 5.44. The Morgan fingerprint density at radius 1 is 1.47 bits per heavy atom. The fraction of sp³-hybridized carbons (Fsp3) is 0.667. The van der Waals surface area contributed by atoms with Crippen LogP contribution in [0.2, 0.25) is 0 Å². The Kier molecular flexibility index (Phi) is 5.84. The number of ether oxygens (including phenoxy) is 2. The van der Waals surface area contributed by atoms with Crippen LogP contribution in [0.1, 0.15) is 25.6 Å². The maximum atomic E-state index is 5.44. The first-order valence-electron chi connectivity index (χ1n) is 6.48. The third-order valence-corrected chi connectivity index (χ3v) is 4.04. The molecule has 2 rings (SSSR count). The predicted molar refractivity (Wildman–Crippen MR) is 74.9 cm³/mol. The average Bonchev–Trinajstić information content (AvgIpc) is 2.46. The molecule has 1 fully saturated rings. The molecule has 0 amide bonds. The molecular weight excluding hydrogens is 264 g/mol. The van der Waals surface area contributed by atoms with Gasteiger partial charge in [0.15, 0.2) is 5.82 Å². The zero-order valence-corrected chi connectivity index (χ0v) is 11.9. The highest BCUT2D eigenvalue weighted by Gasteiger charge is 2.16. The molecule has 7 heteroatoms. The van der Waals surface area contributed by atoms with Crippen LogP contribution in [0.15, 0.2) is 11.1 Å². The first-order valence-corrected chi connectivity index (χ1v) is 7.36. The van der Waals surface area contributed by atoms with E-state index in [4.69, 9.17) is 15.3 Å². The molecule has 1 aromatic heterocycles. The molecule has 0 spiro atoms. The highest BCUT2D eigenvalue weighted by molar-refractivity contribution is 7.99. The summed E-state index contributed by atoms with van der Waals surface area (Å²) in [6, 6.07) is 1.87. The molecule has 0 radical (unpaired) electrons. The minimum atomic E-state index is 0.410. The number of aromatic nitrogens is 2. The van der Waals surface area contributed by atoms with E-state index >= 15 is 0 Å². The number of hydrogen-bond acceptors (Lipinski definition) is 7. The van der Waals surface area contributed by atoms with Crippen molar-refractivity contribution >= 4 is 17.6 Å². The van der Waals surface area contributed by atoms with Gasteiger partial charge in [-0.05, 0) is 19.8 Å².